The number of allylic oxidation sites excluding steroid dienone is 1. The van der Waals surface area contributed by atoms with Gasteiger partial charge in [-0.2, -0.15) is 0 Å². The molecule has 3 aromatic carbocycles. The van der Waals surface area contributed by atoms with Gasteiger partial charge in [0.1, 0.15) is 5.75 Å². The van der Waals surface area contributed by atoms with Crippen molar-refractivity contribution >= 4 is 35.2 Å². The highest BCUT2D eigenvalue weighted by atomic mass is 16.5. The zero-order valence-corrected chi connectivity index (χ0v) is 21.2. The number of benzene rings is 3. The first-order valence-electron chi connectivity index (χ1n) is 11.8. The largest absolute Gasteiger partial charge is 0.484 e. The Morgan fingerprint density at radius 3 is 2.27 bits per heavy atom. The van der Waals surface area contributed by atoms with Crippen molar-refractivity contribution in [2.75, 3.05) is 23.9 Å². The number of ether oxygens (including phenoxy) is 2. The second-order valence-electron chi connectivity index (χ2n) is 8.69. The second-order valence-corrected chi connectivity index (χ2v) is 8.69. The number of amides is 2. The lowest BCUT2D eigenvalue weighted by molar-refractivity contribution is -0.136. The van der Waals surface area contributed by atoms with E-state index in [9.17, 15) is 14.4 Å². The van der Waals surface area contributed by atoms with Crippen molar-refractivity contribution in [1.29, 1.82) is 0 Å². The van der Waals surface area contributed by atoms with E-state index in [0.717, 1.165) is 11.1 Å². The van der Waals surface area contributed by atoms with Crippen LogP contribution in [-0.2, 0) is 19.1 Å². The van der Waals surface area contributed by atoms with Crippen LogP contribution < -0.4 is 15.0 Å². The number of esters is 1. The Morgan fingerprint density at radius 1 is 0.919 bits per heavy atom. The summed E-state index contributed by atoms with van der Waals surface area (Å²) in [4.78, 5) is 39.8. The molecular weight excluding hydrogens is 468 g/mol. The first-order chi connectivity index (χ1) is 17.8. The maximum Gasteiger partial charge on any atom is 0.340 e. The molecule has 0 saturated heterocycles. The Kier molecular flexibility index (Phi) is 7.53. The van der Waals surface area contributed by atoms with Gasteiger partial charge in [-0.3, -0.25) is 14.5 Å². The van der Waals surface area contributed by atoms with Gasteiger partial charge in [0.2, 0.25) is 0 Å². The van der Waals surface area contributed by atoms with Gasteiger partial charge in [0.15, 0.2) is 6.61 Å². The smallest absolute Gasteiger partial charge is 0.340 e. The molecule has 0 aromatic heterocycles. The van der Waals surface area contributed by atoms with Gasteiger partial charge < -0.3 is 14.8 Å². The van der Waals surface area contributed by atoms with Crippen LogP contribution >= 0.6 is 0 Å². The lowest BCUT2D eigenvalue weighted by Crippen LogP contribution is -2.24. The van der Waals surface area contributed by atoms with Gasteiger partial charge in [0, 0.05) is 17.1 Å². The van der Waals surface area contributed by atoms with Gasteiger partial charge in [-0.1, -0.05) is 36.4 Å². The Bertz CT molecular complexity index is 1410. The number of para-hydroxylation sites is 1. The number of methoxy groups -OCH3 is 1. The van der Waals surface area contributed by atoms with Crippen LogP contribution in [0, 0.1) is 13.8 Å². The van der Waals surface area contributed by atoms with E-state index in [0.29, 0.717) is 28.4 Å². The van der Waals surface area contributed by atoms with Crippen LogP contribution in [0.1, 0.15) is 23.6 Å². The van der Waals surface area contributed by atoms with Crippen molar-refractivity contribution in [3.8, 4) is 5.75 Å². The third-order valence-corrected chi connectivity index (χ3v) is 6.16. The van der Waals surface area contributed by atoms with Crippen molar-refractivity contribution in [3.05, 3.63) is 106 Å². The van der Waals surface area contributed by atoms with Gasteiger partial charge in [-0.15, -0.1) is 0 Å². The maximum absolute atomic E-state index is 13.5. The summed E-state index contributed by atoms with van der Waals surface area (Å²) in [7, 11) is 1.30. The van der Waals surface area contributed by atoms with Crippen molar-refractivity contribution < 1.29 is 23.9 Å². The molecule has 1 N–H and O–H groups in total. The van der Waals surface area contributed by atoms with E-state index in [4.69, 9.17) is 9.47 Å². The van der Waals surface area contributed by atoms with Gasteiger partial charge in [-0.25, -0.2) is 4.79 Å². The first kappa shape index (κ1) is 25.4. The predicted octanol–water partition coefficient (Wildman–Crippen LogP) is 5.20. The van der Waals surface area contributed by atoms with Gasteiger partial charge >= 0.3 is 5.97 Å². The summed E-state index contributed by atoms with van der Waals surface area (Å²) in [6, 6.07) is 21.8. The molecule has 1 heterocycles. The van der Waals surface area contributed by atoms with Crippen LogP contribution in [-0.4, -0.2) is 31.5 Å². The topological polar surface area (TPSA) is 84.9 Å². The molecule has 2 amide bonds. The molecule has 1 aliphatic heterocycles. The summed E-state index contributed by atoms with van der Waals surface area (Å²) in [5.74, 6) is -0.657. The van der Waals surface area contributed by atoms with E-state index in [1.807, 2.05) is 50.2 Å². The molecule has 188 valence electrons. The first-order valence-corrected chi connectivity index (χ1v) is 11.8. The highest BCUT2D eigenvalue weighted by Gasteiger charge is 2.38. The van der Waals surface area contributed by atoms with Crippen LogP contribution in [0.3, 0.4) is 0 Å². The van der Waals surface area contributed by atoms with E-state index in [2.05, 4.69) is 5.32 Å². The Labute approximate surface area is 216 Å². The van der Waals surface area contributed by atoms with Crippen molar-refractivity contribution in [2.45, 2.75) is 20.8 Å². The third-order valence-electron chi connectivity index (χ3n) is 6.16. The molecule has 0 atom stereocenters. The number of rotatable bonds is 7. The van der Waals surface area contributed by atoms with Crippen LogP contribution in [0.25, 0.3) is 6.08 Å². The predicted molar refractivity (Wildman–Crippen MR) is 143 cm³/mol. The number of anilines is 2. The molecule has 7 heteroatoms. The van der Waals surface area contributed by atoms with Crippen LogP contribution in [0.4, 0.5) is 11.4 Å². The monoisotopic (exact) mass is 496 g/mol. The average Bonchev–Trinajstić information content (AvgIpc) is 3.14. The van der Waals surface area contributed by atoms with Crippen LogP contribution in [0.2, 0.25) is 0 Å². The summed E-state index contributed by atoms with van der Waals surface area (Å²) in [6.45, 7) is 5.57. The average molecular weight is 497 g/mol. The van der Waals surface area contributed by atoms with Gasteiger partial charge in [-0.05, 0) is 79.9 Å². The summed E-state index contributed by atoms with van der Waals surface area (Å²) < 4.78 is 10.6. The van der Waals surface area contributed by atoms with Crippen LogP contribution in [0.5, 0.6) is 5.75 Å². The molecule has 0 spiro atoms. The third kappa shape index (κ3) is 5.62. The molecule has 37 heavy (non-hydrogen) atoms. The highest BCUT2D eigenvalue weighted by Crippen LogP contribution is 2.36. The fourth-order valence-corrected chi connectivity index (χ4v) is 4.05. The number of carbonyl (C=O) groups is 3. The number of nitrogens with zero attached hydrogens (tertiary/aromatic N) is 1. The quantitative estimate of drug-likeness (QED) is 0.359. The Hall–Kier alpha value is -4.65. The van der Waals surface area contributed by atoms with Crippen molar-refractivity contribution in [3.63, 3.8) is 0 Å². The minimum absolute atomic E-state index is 0.146. The number of hydrogen-bond donors (Lipinski definition) is 1. The summed E-state index contributed by atoms with van der Waals surface area (Å²) >= 11 is 0. The second kappa shape index (κ2) is 11.0. The number of aryl methyl sites for hydroxylation is 2. The normalized spacial score (nSPS) is 14.2. The molecule has 0 aliphatic carbocycles. The molecule has 0 bridgehead atoms. The zero-order valence-electron chi connectivity index (χ0n) is 21.2. The molecule has 1 aliphatic rings. The van der Waals surface area contributed by atoms with E-state index >= 15 is 0 Å². The van der Waals surface area contributed by atoms with Crippen LogP contribution in [0.15, 0.2) is 89.6 Å². The molecule has 0 radical (unpaired) electrons. The van der Waals surface area contributed by atoms with Crippen molar-refractivity contribution in [1.82, 2.24) is 0 Å². The van der Waals surface area contributed by atoms with Gasteiger partial charge in [0.05, 0.1) is 18.3 Å². The fourth-order valence-electron chi connectivity index (χ4n) is 4.05. The molecule has 4 rings (SSSR count). The van der Waals surface area contributed by atoms with Gasteiger partial charge in [0.25, 0.3) is 11.8 Å². The summed E-state index contributed by atoms with van der Waals surface area (Å²) in [5.41, 5.74) is 5.22. The number of carbonyl (C=O) groups excluding carboxylic acids is 3. The lowest BCUT2D eigenvalue weighted by atomic mass is 10.0. The van der Waals surface area contributed by atoms with E-state index < -0.39 is 5.97 Å². The summed E-state index contributed by atoms with van der Waals surface area (Å²) in [5, 5.41) is 2.76. The molecule has 7 nitrogen and oxygen atoms in total. The minimum atomic E-state index is -0.576. The molecule has 0 unspecified atom stereocenters. The van der Waals surface area contributed by atoms with Crippen molar-refractivity contribution in [2.24, 2.45) is 0 Å². The fraction of sp³-hybridized carbons (Fsp3) is 0.167. The SMILES string of the molecule is COC(=O)C1=C(C)N(c2ccc(C)c(C)c2)C(=O)/C1=C\c1ccc(OCC(=O)Nc2ccccc2)cc1. The van der Waals surface area contributed by atoms with E-state index in [1.54, 1.807) is 49.4 Å². The standard InChI is InChI=1S/C30H28N2O5/c1-19-10-13-24(16-20(19)2)32-21(3)28(30(35)36-4)26(29(32)34)17-22-11-14-25(15-12-22)37-18-27(33)31-23-8-6-5-7-9-23/h5-17H,18H2,1-4H3,(H,31,33)/b26-17-. The minimum Gasteiger partial charge on any atom is -0.484 e. The summed E-state index contributed by atoms with van der Waals surface area (Å²) in [6.07, 6.45) is 1.66. The number of hydrogen-bond acceptors (Lipinski definition) is 5. The lowest BCUT2D eigenvalue weighted by Gasteiger charge is -2.19. The molecule has 3 aromatic rings. The Balaban J connectivity index is 1.53. The van der Waals surface area contributed by atoms with E-state index in [1.165, 1.54) is 12.0 Å². The number of nitrogens with one attached hydrogen (secondary N) is 1. The van der Waals surface area contributed by atoms with E-state index in [-0.39, 0.29) is 29.6 Å². The molecule has 0 fully saturated rings. The highest BCUT2D eigenvalue weighted by molar-refractivity contribution is 6.23. The maximum atomic E-state index is 13.5. The zero-order chi connectivity index (χ0) is 26.5. The molecule has 0 saturated carbocycles. The molecular formula is C30H28N2O5. The Morgan fingerprint density at radius 2 is 1.62 bits per heavy atom.